The summed E-state index contributed by atoms with van der Waals surface area (Å²) in [6.45, 7) is 9.31. The van der Waals surface area contributed by atoms with Gasteiger partial charge in [-0.05, 0) is 32.8 Å². The van der Waals surface area contributed by atoms with Crippen LogP contribution in [0.3, 0.4) is 0 Å². The summed E-state index contributed by atoms with van der Waals surface area (Å²) in [6.07, 6.45) is 2.70. The van der Waals surface area contributed by atoms with Crippen LogP contribution in [-0.4, -0.2) is 34.2 Å². The quantitative estimate of drug-likeness (QED) is 0.768. The highest BCUT2D eigenvalue weighted by molar-refractivity contribution is 6.07. The Bertz CT molecular complexity index is 696. The standard InChI is InChI=1S/C18H24N2O2/c1-5-14-9-8-10-15-16(13(4)21)11-20(18(14)15)12-17(22)19(6-2)7-3/h8-11H,5-7,12H2,1-4H3. The molecule has 22 heavy (non-hydrogen) atoms. The number of para-hydroxylation sites is 1. The van der Waals surface area contributed by atoms with Crippen LogP contribution in [0.5, 0.6) is 0 Å². The number of ketones is 1. The molecular formula is C18H24N2O2. The van der Waals surface area contributed by atoms with Crippen molar-refractivity contribution < 1.29 is 9.59 Å². The molecular weight excluding hydrogens is 276 g/mol. The predicted octanol–water partition coefficient (Wildman–Crippen LogP) is 3.27. The van der Waals surface area contributed by atoms with Crippen LogP contribution in [0, 0.1) is 0 Å². The van der Waals surface area contributed by atoms with Crippen molar-refractivity contribution in [2.45, 2.75) is 40.7 Å². The molecule has 1 amide bonds. The van der Waals surface area contributed by atoms with Crippen molar-refractivity contribution in [1.82, 2.24) is 9.47 Å². The van der Waals surface area contributed by atoms with Gasteiger partial charge in [0.15, 0.2) is 5.78 Å². The van der Waals surface area contributed by atoms with Gasteiger partial charge in [0.25, 0.3) is 0 Å². The van der Waals surface area contributed by atoms with Crippen LogP contribution >= 0.6 is 0 Å². The number of carbonyl (C=O) groups is 2. The van der Waals surface area contributed by atoms with Gasteiger partial charge in [0.05, 0.1) is 5.52 Å². The van der Waals surface area contributed by atoms with Crippen molar-refractivity contribution in [3.8, 4) is 0 Å². The molecule has 0 unspecified atom stereocenters. The number of likely N-dealkylation sites (N-methyl/N-ethyl adjacent to an activating group) is 1. The predicted molar refractivity (Wildman–Crippen MR) is 89.2 cm³/mol. The maximum atomic E-state index is 12.4. The van der Waals surface area contributed by atoms with E-state index in [4.69, 9.17) is 0 Å². The molecule has 0 N–H and O–H groups in total. The van der Waals surface area contributed by atoms with E-state index in [0.29, 0.717) is 18.7 Å². The van der Waals surface area contributed by atoms with Crippen molar-refractivity contribution in [2.75, 3.05) is 13.1 Å². The SMILES string of the molecule is CCc1cccc2c(C(C)=O)cn(CC(=O)N(CC)CC)c12. The van der Waals surface area contributed by atoms with Gasteiger partial charge in [-0.3, -0.25) is 9.59 Å². The third-order valence-corrected chi connectivity index (χ3v) is 4.16. The van der Waals surface area contributed by atoms with Crippen LogP contribution in [0.4, 0.5) is 0 Å². The van der Waals surface area contributed by atoms with Gasteiger partial charge in [-0.15, -0.1) is 0 Å². The molecule has 0 saturated carbocycles. The van der Waals surface area contributed by atoms with Gasteiger partial charge in [-0.25, -0.2) is 0 Å². The Labute approximate surface area is 131 Å². The molecule has 0 atom stereocenters. The molecule has 1 heterocycles. The first-order chi connectivity index (χ1) is 10.5. The number of amides is 1. The first-order valence-electron chi connectivity index (χ1n) is 7.92. The topological polar surface area (TPSA) is 42.3 Å². The molecule has 2 rings (SSSR count). The molecule has 0 aliphatic rings. The zero-order chi connectivity index (χ0) is 16.3. The molecule has 1 aromatic heterocycles. The first kappa shape index (κ1) is 16.3. The molecule has 118 valence electrons. The van der Waals surface area contributed by atoms with Gasteiger partial charge in [0, 0.05) is 30.2 Å². The van der Waals surface area contributed by atoms with Gasteiger partial charge >= 0.3 is 0 Å². The van der Waals surface area contributed by atoms with Crippen molar-refractivity contribution in [1.29, 1.82) is 0 Å². The molecule has 1 aromatic carbocycles. The zero-order valence-electron chi connectivity index (χ0n) is 13.8. The number of fused-ring (bicyclic) bond motifs is 1. The summed E-state index contributed by atoms with van der Waals surface area (Å²) in [5.41, 5.74) is 2.87. The summed E-state index contributed by atoms with van der Waals surface area (Å²) in [4.78, 5) is 26.1. The van der Waals surface area contributed by atoms with Crippen molar-refractivity contribution in [2.24, 2.45) is 0 Å². The summed E-state index contributed by atoms with van der Waals surface area (Å²) in [6, 6.07) is 6.00. The second kappa shape index (κ2) is 6.77. The van der Waals surface area contributed by atoms with Crippen LogP contribution in [0.15, 0.2) is 24.4 Å². The van der Waals surface area contributed by atoms with E-state index in [2.05, 4.69) is 13.0 Å². The molecule has 0 saturated heterocycles. The van der Waals surface area contributed by atoms with Gasteiger partial charge < -0.3 is 9.47 Å². The van der Waals surface area contributed by atoms with Gasteiger partial charge in [-0.1, -0.05) is 25.1 Å². The number of rotatable bonds is 6. The Balaban J connectivity index is 2.53. The smallest absolute Gasteiger partial charge is 0.242 e. The Kier molecular flexibility index (Phi) is 5.01. The van der Waals surface area contributed by atoms with Gasteiger partial charge in [0.1, 0.15) is 6.54 Å². The lowest BCUT2D eigenvalue weighted by atomic mass is 10.1. The largest absolute Gasteiger partial charge is 0.342 e. The second-order valence-electron chi connectivity index (χ2n) is 5.46. The van der Waals surface area contributed by atoms with E-state index in [1.165, 1.54) is 0 Å². The highest BCUT2D eigenvalue weighted by Gasteiger charge is 2.17. The third-order valence-electron chi connectivity index (χ3n) is 4.16. The van der Waals surface area contributed by atoms with Crippen LogP contribution < -0.4 is 0 Å². The Morgan fingerprint density at radius 1 is 1.14 bits per heavy atom. The lowest BCUT2D eigenvalue weighted by molar-refractivity contribution is -0.131. The number of carbonyl (C=O) groups excluding carboxylic acids is 2. The molecule has 0 aliphatic carbocycles. The number of hydrogen-bond acceptors (Lipinski definition) is 2. The van der Waals surface area contributed by atoms with Crippen LogP contribution in [0.25, 0.3) is 10.9 Å². The average molecular weight is 300 g/mol. The summed E-state index contributed by atoms with van der Waals surface area (Å²) >= 11 is 0. The van der Waals surface area contributed by atoms with Crippen molar-refractivity contribution in [3.05, 3.63) is 35.5 Å². The number of aromatic nitrogens is 1. The number of aryl methyl sites for hydroxylation is 1. The number of benzene rings is 1. The Hall–Kier alpha value is -2.10. The van der Waals surface area contributed by atoms with E-state index < -0.39 is 0 Å². The van der Waals surface area contributed by atoms with E-state index in [1.807, 2.05) is 41.6 Å². The fourth-order valence-corrected chi connectivity index (χ4v) is 2.95. The first-order valence-corrected chi connectivity index (χ1v) is 7.92. The van der Waals surface area contributed by atoms with E-state index in [-0.39, 0.29) is 18.2 Å². The summed E-state index contributed by atoms with van der Waals surface area (Å²) in [5.74, 6) is 0.121. The minimum Gasteiger partial charge on any atom is -0.342 e. The number of Topliss-reactive ketones (excluding diaryl/α,β-unsaturated/α-hetero) is 1. The highest BCUT2D eigenvalue weighted by atomic mass is 16.2. The Morgan fingerprint density at radius 2 is 1.82 bits per heavy atom. The minimum absolute atomic E-state index is 0.0345. The lowest BCUT2D eigenvalue weighted by Crippen LogP contribution is -2.33. The molecule has 0 aliphatic heterocycles. The molecule has 0 fully saturated rings. The van der Waals surface area contributed by atoms with E-state index >= 15 is 0 Å². The normalized spacial score (nSPS) is 10.9. The second-order valence-corrected chi connectivity index (χ2v) is 5.46. The molecule has 4 heteroatoms. The zero-order valence-corrected chi connectivity index (χ0v) is 13.8. The summed E-state index contributed by atoms with van der Waals surface area (Å²) in [7, 11) is 0. The number of hydrogen-bond donors (Lipinski definition) is 0. The maximum Gasteiger partial charge on any atom is 0.242 e. The summed E-state index contributed by atoms with van der Waals surface area (Å²) < 4.78 is 1.94. The van der Waals surface area contributed by atoms with E-state index in [0.717, 1.165) is 22.9 Å². The number of nitrogens with zero attached hydrogens (tertiary/aromatic N) is 2. The maximum absolute atomic E-state index is 12.4. The van der Waals surface area contributed by atoms with E-state index in [9.17, 15) is 9.59 Å². The highest BCUT2D eigenvalue weighted by Crippen LogP contribution is 2.26. The molecule has 0 bridgehead atoms. The minimum atomic E-state index is 0.0345. The van der Waals surface area contributed by atoms with Crippen LogP contribution in [0.2, 0.25) is 0 Å². The van der Waals surface area contributed by atoms with Gasteiger partial charge in [-0.2, -0.15) is 0 Å². The Morgan fingerprint density at radius 3 is 2.36 bits per heavy atom. The van der Waals surface area contributed by atoms with Gasteiger partial charge in [0.2, 0.25) is 5.91 Å². The average Bonchev–Trinajstić information content (AvgIpc) is 2.87. The van der Waals surface area contributed by atoms with Crippen LogP contribution in [-0.2, 0) is 17.8 Å². The summed E-state index contributed by atoms with van der Waals surface area (Å²) in [5, 5.41) is 0.944. The molecule has 4 nitrogen and oxygen atoms in total. The fourth-order valence-electron chi connectivity index (χ4n) is 2.95. The monoisotopic (exact) mass is 300 g/mol. The van der Waals surface area contributed by atoms with Crippen molar-refractivity contribution >= 4 is 22.6 Å². The molecule has 0 spiro atoms. The fraction of sp³-hybridized carbons (Fsp3) is 0.444. The third kappa shape index (κ3) is 2.91. The van der Waals surface area contributed by atoms with Crippen LogP contribution in [0.1, 0.15) is 43.6 Å². The lowest BCUT2D eigenvalue weighted by Gasteiger charge is -2.19. The van der Waals surface area contributed by atoms with Crippen molar-refractivity contribution in [3.63, 3.8) is 0 Å². The molecule has 0 radical (unpaired) electrons. The molecule has 2 aromatic rings. The van der Waals surface area contributed by atoms with E-state index in [1.54, 1.807) is 6.92 Å².